The highest BCUT2D eigenvalue weighted by molar-refractivity contribution is 6.49. The van der Waals surface area contributed by atoms with Crippen molar-refractivity contribution in [1.82, 2.24) is 4.98 Å². The van der Waals surface area contributed by atoms with Gasteiger partial charge in [0.05, 0.1) is 20.1 Å². The Morgan fingerprint density at radius 3 is 2.29 bits per heavy atom. The third kappa shape index (κ3) is 2.50. The van der Waals surface area contributed by atoms with Gasteiger partial charge in [-0.25, -0.2) is 4.98 Å². The molecule has 2 rings (SSSR count). The first-order valence-corrected chi connectivity index (χ1v) is 5.97. The van der Waals surface area contributed by atoms with Gasteiger partial charge in [0.2, 0.25) is 5.95 Å². The highest BCUT2D eigenvalue weighted by Crippen LogP contribution is 2.38. The molecule has 17 heavy (non-hydrogen) atoms. The van der Waals surface area contributed by atoms with Crippen molar-refractivity contribution in [3.63, 3.8) is 0 Å². The van der Waals surface area contributed by atoms with Crippen LogP contribution in [0.1, 0.15) is 0 Å². The summed E-state index contributed by atoms with van der Waals surface area (Å²) in [5.74, 6) is -0.730. The van der Waals surface area contributed by atoms with Crippen molar-refractivity contribution in [1.29, 1.82) is 0 Å². The molecule has 0 unspecified atom stereocenters. The smallest absolute Gasteiger partial charge is 0.226 e. The highest BCUT2D eigenvalue weighted by atomic mass is 35.5. The van der Waals surface area contributed by atoms with Gasteiger partial charge in [-0.2, -0.15) is 4.39 Å². The van der Waals surface area contributed by atoms with E-state index in [1.54, 1.807) is 12.1 Å². The minimum atomic E-state index is -0.730. The molecule has 0 aliphatic heterocycles. The predicted octanol–water partition coefficient (Wildman–Crippen LogP) is 5.50. The van der Waals surface area contributed by atoms with Gasteiger partial charge in [0.15, 0.2) is 0 Å². The lowest BCUT2D eigenvalue weighted by Crippen LogP contribution is -1.87. The third-order valence-corrected chi connectivity index (χ3v) is 3.70. The first-order valence-electron chi connectivity index (χ1n) is 4.45. The fraction of sp³-hybridized carbons (Fsp3) is 0. The summed E-state index contributed by atoms with van der Waals surface area (Å²) in [7, 11) is 0. The number of pyridine rings is 1. The van der Waals surface area contributed by atoms with Gasteiger partial charge < -0.3 is 0 Å². The van der Waals surface area contributed by atoms with Crippen LogP contribution in [-0.2, 0) is 0 Å². The Labute approximate surface area is 117 Å². The van der Waals surface area contributed by atoms with Crippen LogP contribution in [-0.4, -0.2) is 4.98 Å². The van der Waals surface area contributed by atoms with E-state index in [4.69, 9.17) is 46.4 Å². The van der Waals surface area contributed by atoms with E-state index in [9.17, 15) is 4.39 Å². The highest BCUT2D eigenvalue weighted by Gasteiger charge is 2.12. The van der Waals surface area contributed by atoms with E-state index < -0.39 is 5.95 Å². The molecule has 0 bridgehead atoms. The van der Waals surface area contributed by atoms with Gasteiger partial charge in [-0.15, -0.1) is 0 Å². The summed E-state index contributed by atoms with van der Waals surface area (Å²) in [6.07, 6.45) is 1.33. The van der Waals surface area contributed by atoms with E-state index in [0.29, 0.717) is 16.1 Å². The van der Waals surface area contributed by atoms with Crippen molar-refractivity contribution in [2.75, 3.05) is 0 Å². The Morgan fingerprint density at radius 2 is 1.65 bits per heavy atom. The Kier molecular flexibility index (Phi) is 3.79. The Bertz CT molecular complexity index is 586. The first-order chi connectivity index (χ1) is 8.00. The van der Waals surface area contributed by atoms with E-state index in [-0.39, 0.29) is 15.1 Å². The predicted molar refractivity (Wildman–Crippen MR) is 69.7 cm³/mol. The van der Waals surface area contributed by atoms with E-state index in [1.165, 1.54) is 12.3 Å². The molecule has 1 aromatic carbocycles. The zero-order chi connectivity index (χ0) is 12.6. The molecule has 0 aliphatic carbocycles. The lowest BCUT2D eigenvalue weighted by Gasteiger charge is -2.07. The molecule has 0 atom stereocenters. The van der Waals surface area contributed by atoms with Gasteiger partial charge in [-0.1, -0.05) is 52.5 Å². The quantitative estimate of drug-likeness (QED) is 0.500. The van der Waals surface area contributed by atoms with E-state index >= 15 is 0 Å². The van der Waals surface area contributed by atoms with Crippen molar-refractivity contribution >= 4 is 46.4 Å². The Morgan fingerprint density at radius 1 is 0.941 bits per heavy atom. The number of halogens is 5. The fourth-order valence-electron chi connectivity index (χ4n) is 1.32. The normalized spacial score (nSPS) is 10.6. The molecular formula is C11H4Cl4FN. The summed E-state index contributed by atoms with van der Waals surface area (Å²) in [5.41, 5.74) is 1.16. The van der Waals surface area contributed by atoms with Crippen LogP contribution in [0, 0.1) is 5.95 Å². The van der Waals surface area contributed by atoms with Gasteiger partial charge in [0.1, 0.15) is 0 Å². The molecule has 0 aliphatic rings. The lowest BCUT2D eigenvalue weighted by molar-refractivity contribution is 0.584. The molecule has 0 spiro atoms. The van der Waals surface area contributed by atoms with Crippen molar-refractivity contribution < 1.29 is 4.39 Å². The van der Waals surface area contributed by atoms with Crippen LogP contribution >= 0.6 is 46.4 Å². The number of rotatable bonds is 1. The minimum Gasteiger partial charge on any atom is -0.226 e. The molecular weight excluding hydrogens is 307 g/mol. The van der Waals surface area contributed by atoms with Crippen molar-refractivity contribution in [2.24, 2.45) is 0 Å². The SMILES string of the molecule is Fc1ncc(-c2ccc(Cl)c(Cl)c2Cl)cc1Cl. The minimum absolute atomic E-state index is 0.0790. The van der Waals surface area contributed by atoms with Crippen LogP contribution in [0.4, 0.5) is 4.39 Å². The van der Waals surface area contributed by atoms with Gasteiger partial charge in [-0.05, 0) is 12.1 Å². The van der Waals surface area contributed by atoms with E-state index in [0.717, 1.165) is 0 Å². The maximum absolute atomic E-state index is 12.9. The third-order valence-electron chi connectivity index (χ3n) is 2.14. The fourth-order valence-corrected chi connectivity index (χ4v) is 2.13. The van der Waals surface area contributed by atoms with E-state index in [1.807, 2.05) is 0 Å². The molecule has 1 aromatic heterocycles. The first kappa shape index (κ1) is 12.9. The largest absolute Gasteiger partial charge is 0.231 e. The van der Waals surface area contributed by atoms with Crippen LogP contribution in [0.15, 0.2) is 24.4 Å². The summed E-state index contributed by atoms with van der Waals surface area (Å²) in [6.45, 7) is 0. The summed E-state index contributed by atoms with van der Waals surface area (Å²) in [6, 6.07) is 4.69. The molecule has 1 heterocycles. The van der Waals surface area contributed by atoms with Crippen LogP contribution < -0.4 is 0 Å². The zero-order valence-electron chi connectivity index (χ0n) is 8.15. The molecule has 0 fully saturated rings. The molecule has 0 N–H and O–H groups in total. The summed E-state index contributed by atoms with van der Waals surface area (Å²) in [5, 5.41) is 0.793. The van der Waals surface area contributed by atoms with Gasteiger partial charge in [-0.3, -0.25) is 0 Å². The number of nitrogens with zero attached hydrogens (tertiary/aromatic N) is 1. The second-order valence-electron chi connectivity index (χ2n) is 3.22. The van der Waals surface area contributed by atoms with Crippen LogP contribution in [0.25, 0.3) is 11.1 Å². The molecule has 0 saturated carbocycles. The number of aromatic nitrogens is 1. The molecule has 6 heteroatoms. The van der Waals surface area contributed by atoms with Gasteiger partial charge in [0.25, 0.3) is 0 Å². The Hall–Kier alpha value is -0.540. The average molecular weight is 311 g/mol. The number of hydrogen-bond donors (Lipinski definition) is 0. The molecule has 0 amide bonds. The van der Waals surface area contributed by atoms with Crippen molar-refractivity contribution in [2.45, 2.75) is 0 Å². The zero-order valence-corrected chi connectivity index (χ0v) is 11.2. The van der Waals surface area contributed by atoms with Gasteiger partial charge >= 0.3 is 0 Å². The van der Waals surface area contributed by atoms with Gasteiger partial charge in [0, 0.05) is 17.3 Å². The maximum Gasteiger partial charge on any atom is 0.231 e. The second kappa shape index (κ2) is 4.99. The van der Waals surface area contributed by atoms with E-state index in [2.05, 4.69) is 4.98 Å². The molecule has 1 nitrogen and oxygen atoms in total. The lowest BCUT2D eigenvalue weighted by atomic mass is 10.1. The average Bonchev–Trinajstić information content (AvgIpc) is 2.30. The summed E-state index contributed by atoms with van der Waals surface area (Å²) < 4.78 is 12.9. The van der Waals surface area contributed by atoms with Crippen molar-refractivity contribution in [3.8, 4) is 11.1 Å². The van der Waals surface area contributed by atoms with Crippen LogP contribution in [0.3, 0.4) is 0 Å². The maximum atomic E-state index is 12.9. The molecule has 2 aromatic rings. The molecule has 0 radical (unpaired) electrons. The summed E-state index contributed by atoms with van der Waals surface area (Å²) >= 11 is 23.4. The van der Waals surface area contributed by atoms with Crippen molar-refractivity contribution in [3.05, 3.63) is 50.4 Å². The second-order valence-corrected chi connectivity index (χ2v) is 4.79. The molecule has 88 valence electrons. The topological polar surface area (TPSA) is 12.9 Å². The standard InChI is InChI=1S/C11H4Cl4FN/c12-7-2-1-6(9(14)10(7)15)5-3-8(13)11(16)17-4-5/h1-4H. The monoisotopic (exact) mass is 309 g/mol. The van der Waals surface area contributed by atoms with Crippen LogP contribution in [0.5, 0.6) is 0 Å². The molecule has 0 saturated heterocycles. The number of hydrogen-bond acceptors (Lipinski definition) is 1. The van der Waals surface area contributed by atoms with Crippen LogP contribution in [0.2, 0.25) is 20.1 Å². The summed E-state index contributed by atoms with van der Waals surface area (Å²) in [4.78, 5) is 3.51. The number of benzene rings is 1. The Balaban J connectivity index is 2.61.